The first-order chi connectivity index (χ1) is 10.9. The van der Waals surface area contributed by atoms with Crippen molar-refractivity contribution < 1.29 is 15.0 Å². The smallest absolute Gasteiger partial charge is 0.315 e. The number of rotatable bonds is 6. The van der Waals surface area contributed by atoms with Crippen LogP contribution in [0.5, 0.6) is 5.75 Å². The van der Waals surface area contributed by atoms with Gasteiger partial charge in [-0.2, -0.15) is 0 Å². The summed E-state index contributed by atoms with van der Waals surface area (Å²) in [6.45, 7) is 4.12. The van der Waals surface area contributed by atoms with Crippen LogP contribution in [-0.4, -0.2) is 34.9 Å². The molecule has 5 heteroatoms. The van der Waals surface area contributed by atoms with Crippen LogP contribution in [-0.2, 0) is 6.42 Å². The topological polar surface area (TPSA) is 81.6 Å². The number of phenols is 1. The van der Waals surface area contributed by atoms with Crippen LogP contribution >= 0.6 is 0 Å². The van der Waals surface area contributed by atoms with Crippen LogP contribution in [0.3, 0.4) is 0 Å². The van der Waals surface area contributed by atoms with Gasteiger partial charge in [0.2, 0.25) is 0 Å². The molecule has 1 fully saturated rings. The summed E-state index contributed by atoms with van der Waals surface area (Å²) in [5.41, 5.74) is 0.938. The van der Waals surface area contributed by atoms with Crippen molar-refractivity contribution in [2.24, 2.45) is 5.41 Å². The maximum absolute atomic E-state index is 12.1. The Morgan fingerprint density at radius 1 is 1.39 bits per heavy atom. The van der Waals surface area contributed by atoms with E-state index in [1.165, 1.54) is 0 Å². The lowest BCUT2D eigenvalue weighted by Crippen LogP contribution is -2.50. The number of hydrogen-bond donors (Lipinski definition) is 4. The molecule has 0 bridgehead atoms. The molecule has 0 radical (unpaired) electrons. The molecule has 5 nitrogen and oxygen atoms in total. The minimum Gasteiger partial charge on any atom is -0.508 e. The quantitative estimate of drug-likeness (QED) is 0.650. The molecule has 1 aliphatic carbocycles. The second kappa shape index (κ2) is 7.68. The van der Waals surface area contributed by atoms with E-state index in [1.807, 2.05) is 26.0 Å². The van der Waals surface area contributed by atoms with E-state index in [2.05, 4.69) is 10.6 Å². The van der Waals surface area contributed by atoms with Gasteiger partial charge in [-0.3, -0.25) is 0 Å². The van der Waals surface area contributed by atoms with Crippen LogP contribution in [0.2, 0.25) is 0 Å². The summed E-state index contributed by atoms with van der Waals surface area (Å²) in [5, 5.41) is 24.8. The van der Waals surface area contributed by atoms with E-state index < -0.39 is 0 Å². The van der Waals surface area contributed by atoms with E-state index in [9.17, 15) is 15.0 Å². The van der Waals surface area contributed by atoms with Gasteiger partial charge in [-0.05, 0) is 50.3 Å². The SMILES string of the molecule is CC(CCc1ccc(O)cc1)NC(=O)NC1CCCC1(C)CO. The number of hydrogen-bond acceptors (Lipinski definition) is 3. The van der Waals surface area contributed by atoms with Crippen LogP contribution in [0.1, 0.15) is 45.1 Å². The van der Waals surface area contributed by atoms with Gasteiger partial charge in [-0.15, -0.1) is 0 Å². The Hall–Kier alpha value is -1.75. The second-order valence-electron chi connectivity index (χ2n) is 6.98. The zero-order valence-electron chi connectivity index (χ0n) is 14.0. The van der Waals surface area contributed by atoms with Gasteiger partial charge < -0.3 is 20.8 Å². The second-order valence-corrected chi connectivity index (χ2v) is 6.98. The van der Waals surface area contributed by atoms with Crippen molar-refractivity contribution in [2.75, 3.05) is 6.61 Å². The van der Waals surface area contributed by atoms with Crippen molar-refractivity contribution in [1.29, 1.82) is 0 Å². The van der Waals surface area contributed by atoms with E-state index in [4.69, 9.17) is 0 Å². The molecule has 0 aromatic heterocycles. The Labute approximate surface area is 138 Å². The van der Waals surface area contributed by atoms with Gasteiger partial charge in [0.25, 0.3) is 0 Å². The van der Waals surface area contributed by atoms with Gasteiger partial charge in [0.05, 0.1) is 6.61 Å². The van der Waals surface area contributed by atoms with Gasteiger partial charge in [0.15, 0.2) is 0 Å². The first-order valence-corrected chi connectivity index (χ1v) is 8.39. The van der Waals surface area contributed by atoms with Crippen molar-refractivity contribution in [1.82, 2.24) is 10.6 Å². The average molecular weight is 320 g/mol. The Balaban J connectivity index is 1.75. The predicted molar refractivity (Wildman–Crippen MR) is 90.4 cm³/mol. The fraction of sp³-hybridized carbons (Fsp3) is 0.611. The monoisotopic (exact) mass is 320 g/mol. The number of amides is 2. The summed E-state index contributed by atoms with van der Waals surface area (Å²) < 4.78 is 0. The minimum atomic E-state index is -0.202. The standard InChI is InChI=1S/C18H28N2O3/c1-13(5-6-14-7-9-15(22)10-8-14)19-17(23)20-16-4-3-11-18(16,2)12-21/h7-10,13,16,21-22H,3-6,11-12H2,1-2H3,(H2,19,20,23). The van der Waals surface area contributed by atoms with Crippen LogP contribution in [0.25, 0.3) is 0 Å². The summed E-state index contributed by atoms with van der Waals surface area (Å²) >= 11 is 0. The van der Waals surface area contributed by atoms with Gasteiger partial charge >= 0.3 is 6.03 Å². The van der Waals surface area contributed by atoms with Crippen LogP contribution < -0.4 is 10.6 Å². The van der Waals surface area contributed by atoms with E-state index >= 15 is 0 Å². The molecule has 23 heavy (non-hydrogen) atoms. The van der Waals surface area contributed by atoms with Crippen LogP contribution in [0.15, 0.2) is 24.3 Å². The molecule has 0 spiro atoms. The number of benzene rings is 1. The highest BCUT2D eigenvalue weighted by Crippen LogP contribution is 2.37. The fourth-order valence-electron chi connectivity index (χ4n) is 3.21. The molecule has 128 valence electrons. The van der Waals surface area contributed by atoms with Crippen molar-refractivity contribution in [3.05, 3.63) is 29.8 Å². The molecule has 0 saturated heterocycles. The predicted octanol–water partition coefficient (Wildman–Crippen LogP) is 2.56. The van der Waals surface area contributed by atoms with Gasteiger partial charge in [-0.1, -0.05) is 25.5 Å². The molecular weight excluding hydrogens is 292 g/mol. The highest BCUT2D eigenvalue weighted by Gasteiger charge is 2.39. The molecule has 4 N–H and O–H groups in total. The van der Waals surface area contributed by atoms with Crippen LogP contribution in [0, 0.1) is 5.41 Å². The number of urea groups is 1. The molecule has 2 rings (SSSR count). The maximum Gasteiger partial charge on any atom is 0.315 e. The number of phenolic OH excluding ortho intramolecular Hbond substituents is 1. The number of aromatic hydroxyl groups is 1. The van der Waals surface area contributed by atoms with Gasteiger partial charge in [0, 0.05) is 17.5 Å². The van der Waals surface area contributed by atoms with Crippen molar-refractivity contribution in [3.63, 3.8) is 0 Å². The van der Waals surface area contributed by atoms with E-state index in [1.54, 1.807) is 12.1 Å². The molecule has 1 aromatic rings. The Morgan fingerprint density at radius 3 is 2.74 bits per heavy atom. The van der Waals surface area contributed by atoms with E-state index in [0.717, 1.165) is 37.7 Å². The normalized spacial score (nSPS) is 25.1. The number of aliphatic hydroxyl groups is 1. The lowest BCUT2D eigenvalue weighted by Gasteiger charge is -2.30. The summed E-state index contributed by atoms with van der Waals surface area (Å²) in [5.74, 6) is 0.266. The lowest BCUT2D eigenvalue weighted by atomic mass is 9.86. The zero-order chi connectivity index (χ0) is 16.9. The Kier molecular flexibility index (Phi) is 5.88. The maximum atomic E-state index is 12.1. The summed E-state index contributed by atoms with van der Waals surface area (Å²) in [4.78, 5) is 12.1. The third kappa shape index (κ3) is 4.86. The fourth-order valence-corrected chi connectivity index (χ4v) is 3.21. The summed E-state index contributed by atoms with van der Waals surface area (Å²) in [6, 6.07) is 7.09. The Bertz CT molecular complexity index is 518. The average Bonchev–Trinajstić information content (AvgIpc) is 2.88. The number of carbonyl (C=O) groups is 1. The lowest BCUT2D eigenvalue weighted by molar-refractivity contribution is 0.120. The van der Waals surface area contributed by atoms with Crippen molar-refractivity contribution >= 4 is 6.03 Å². The number of aliphatic hydroxyl groups excluding tert-OH is 1. The van der Waals surface area contributed by atoms with Crippen LogP contribution in [0.4, 0.5) is 4.79 Å². The van der Waals surface area contributed by atoms with Crippen molar-refractivity contribution in [3.8, 4) is 5.75 Å². The number of aryl methyl sites for hydroxylation is 1. The molecule has 0 heterocycles. The number of nitrogens with one attached hydrogen (secondary N) is 2. The molecule has 2 amide bonds. The molecule has 1 saturated carbocycles. The molecule has 1 aromatic carbocycles. The van der Waals surface area contributed by atoms with Gasteiger partial charge in [-0.25, -0.2) is 4.79 Å². The largest absolute Gasteiger partial charge is 0.508 e. The molecule has 1 aliphatic rings. The van der Waals surface area contributed by atoms with E-state index in [0.29, 0.717) is 0 Å². The molecular formula is C18H28N2O3. The first kappa shape index (κ1) is 17.6. The summed E-state index contributed by atoms with van der Waals surface area (Å²) in [6.07, 6.45) is 4.59. The van der Waals surface area contributed by atoms with Gasteiger partial charge in [0.1, 0.15) is 5.75 Å². The minimum absolute atomic E-state index is 0.0387. The van der Waals surface area contributed by atoms with Crippen molar-refractivity contribution in [2.45, 2.75) is 58.0 Å². The first-order valence-electron chi connectivity index (χ1n) is 8.39. The van der Waals surface area contributed by atoms with E-state index in [-0.39, 0.29) is 35.9 Å². The highest BCUT2D eigenvalue weighted by molar-refractivity contribution is 5.74. The third-order valence-corrected chi connectivity index (χ3v) is 4.93. The molecule has 3 unspecified atom stereocenters. The zero-order valence-corrected chi connectivity index (χ0v) is 14.0. The molecule has 3 atom stereocenters. The molecule has 0 aliphatic heterocycles. The number of carbonyl (C=O) groups excluding carboxylic acids is 1. The highest BCUT2D eigenvalue weighted by atomic mass is 16.3. The summed E-state index contributed by atoms with van der Waals surface area (Å²) in [7, 11) is 0. The third-order valence-electron chi connectivity index (χ3n) is 4.93. The Morgan fingerprint density at radius 2 is 2.09 bits per heavy atom.